The highest BCUT2D eigenvalue weighted by Gasteiger charge is 2.14. The topological polar surface area (TPSA) is 40.5 Å². The van der Waals surface area contributed by atoms with E-state index in [4.69, 9.17) is 0 Å². The van der Waals surface area contributed by atoms with Gasteiger partial charge in [0.25, 0.3) is 0 Å². The number of carbonyl (C=O) groups is 1. The van der Waals surface area contributed by atoms with E-state index in [0.29, 0.717) is 12.2 Å². The van der Waals surface area contributed by atoms with Crippen LogP contribution in [-0.4, -0.2) is 18.1 Å². The van der Waals surface area contributed by atoms with Crippen LogP contribution in [0.4, 0.5) is 10.1 Å². The van der Waals surface area contributed by atoms with Gasteiger partial charge in [-0.1, -0.05) is 18.2 Å². The molecule has 0 aromatic heterocycles. The van der Waals surface area contributed by atoms with E-state index in [2.05, 4.69) is 0 Å². The fourth-order valence-corrected chi connectivity index (χ4v) is 2.13. The average molecular weight is 273 g/mol. The van der Waals surface area contributed by atoms with Crippen molar-refractivity contribution in [2.75, 3.05) is 11.9 Å². The Morgan fingerprint density at radius 1 is 1.25 bits per heavy atom. The fourth-order valence-electron chi connectivity index (χ4n) is 2.13. The number of hydrogen-bond donors (Lipinski definition) is 1. The van der Waals surface area contributed by atoms with Gasteiger partial charge in [0.15, 0.2) is 0 Å². The number of rotatable bonds is 4. The second-order valence-corrected chi connectivity index (χ2v) is 4.81. The zero-order valence-corrected chi connectivity index (χ0v) is 11.4. The number of benzene rings is 2. The van der Waals surface area contributed by atoms with Crippen LogP contribution in [0.15, 0.2) is 42.5 Å². The zero-order valence-electron chi connectivity index (χ0n) is 11.4. The van der Waals surface area contributed by atoms with Gasteiger partial charge in [-0.3, -0.25) is 0 Å². The normalized spacial score (nSPS) is 10.3. The molecule has 0 heterocycles. The summed E-state index contributed by atoms with van der Waals surface area (Å²) < 4.78 is 13.2. The van der Waals surface area contributed by atoms with Crippen molar-refractivity contribution >= 4 is 11.7 Å². The van der Waals surface area contributed by atoms with E-state index in [-0.39, 0.29) is 11.4 Å². The molecule has 0 saturated heterocycles. The molecule has 0 atom stereocenters. The van der Waals surface area contributed by atoms with Gasteiger partial charge in [0.1, 0.15) is 5.82 Å². The molecule has 0 spiro atoms. The number of aryl methyl sites for hydroxylation is 1. The predicted molar refractivity (Wildman–Crippen MR) is 76.6 cm³/mol. The number of anilines is 1. The van der Waals surface area contributed by atoms with Gasteiger partial charge >= 0.3 is 5.97 Å². The van der Waals surface area contributed by atoms with Crippen LogP contribution in [0.2, 0.25) is 0 Å². The van der Waals surface area contributed by atoms with Crippen molar-refractivity contribution in [3.63, 3.8) is 0 Å². The van der Waals surface area contributed by atoms with Crippen molar-refractivity contribution < 1.29 is 14.3 Å². The van der Waals surface area contributed by atoms with Crippen LogP contribution in [0.3, 0.4) is 0 Å². The van der Waals surface area contributed by atoms with Gasteiger partial charge in [-0.15, -0.1) is 0 Å². The summed E-state index contributed by atoms with van der Waals surface area (Å²) in [6.07, 6.45) is 0. The lowest BCUT2D eigenvalue weighted by Gasteiger charge is -2.22. The van der Waals surface area contributed by atoms with Crippen LogP contribution in [0.1, 0.15) is 21.5 Å². The molecular weight excluding hydrogens is 257 g/mol. The molecule has 0 aliphatic carbocycles. The average Bonchev–Trinajstić information content (AvgIpc) is 2.38. The molecule has 2 aromatic rings. The predicted octanol–water partition coefficient (Wildman–Crippen LogP) is 3.47. The van der Waals surface area contributed by atoms with E-state index in [9.17, 15) is 14.3 Å². The molecule has 3 nitrogen and oxygen atoms in total. The van der Waals surface area contributed by atoms with Crippen molar-refractivity contribution in [2.45, 2.75) is 13.5 Å². The third-order valence-corrected chi connectivity index (χ3v) is 3.10. The molecule has 104 valence electrons. The minimum absolute atomic E-state index is 0.245. The maximum Gasteiger partial charge on any atom is 0.337 e. The van der Waals surface area contributed by atoms with E-state index < -0.39 is 5.97 Å². The monoisotopic (exact) mass is 273 g/mol. The van der Waals surface area contributed by atoms with Gasteiger partial charge in [0.2, 0.25) is 0 Å². The number of carboxylic acid groups (broad SMARTS) is 1. The van der Waals surface area contributed by atoms with Crippen molar-refractivity contribution in [3.8, 4) is 0 Å². The third-order valence-electron chi connectivity index (χ3n) is 3.10. The smallest absolute Gasteiger partial charge is 0.337 e. The van der Waals surface area contributed by atoms with Gasteiger partial charge in [-0.05, 0) is 42.3 Å². The molecule has 2 aromatic carbocycles. The van der Waals surface area contributed by atoms with Crippen LogP contribution >= 0.6 is 0 Å². The van der Waals surface area contributed by atoms with Gasteiger partial charge in [0.05, 0.1) is 11.3 Å². The number of nitrogens with zero attached hydrogens (tertiary/aromatic N) is 1. The Labute approximate surface area is 117 Å². The van der Waals surface area contributed by atoms with Gasteiger partial charge < -0.3 is 10.0 Å². The standard InChI is InChI=1S/C16H16FNO2/c1-11-6-7-14(16(19)20)15(8-11)18(2)10-12-4-3-5-13(17)9-12/h3-9H,10H2,1-2H3,(H,19,20). The van der Waals surface area contributed by atoms with Crippen LogP contribution in [0.5, 0.6) is 0 Å². The van der Waals surface area contributed by atoms with Crippen LogP contribution in [0, 0.1) is 12.7 Å². The van der Waals surface area contributed by atoms with Gasteiger partial charge in [-0.2, -0.15) is 0 Å². The summed E-state index contributed by atoms with van der Waals surface area (Å²) in [5, 5.41) is 9.23. The van der Waals surface area contributed by atoms with E-state index in [0.717, 1.165) is 11.1 Å². The van der Waals surface area contributed by atoms with E-state index in [1.54, 1.807) is 25.2 Å². The van der Waals surface area contributed by atoms with Crippen molar-refractivity contribution in [3.05, 3.63) is 65.0 Å². The Morgan fingerprint density at radius 3 is 2.65 bits per heavy atom. The highest BCUT2D eigenvalue weighted by molar-refractivity contribution is 5.94. The molecule has 0 aliphatic rings. The fraction of sp³-hybridized carbons (Fsp3) is 0.188. The van der Waals surface area contributed by atoms with Crippen molar-refractivity contribution in [1.29, 1.82) is 0 Å². The summed E-state index contributed by atoms with van der Waals surface area (Å²) in [5.74, 6) is -1.26. The first-order valence-electron chi connectivity index (χ1n) is 6.27. The molecule has 2 rings (SSSR count). The Morgan fingerprint density at radius 2 is 2.00 bits per heavy atom. The second kappa shape index (κ2) is 5.74. The van der Waals surface area contributed by atoms with Crippen LogP contribution in [0.25, 0.3) is 0 Å². The SMILES string of the molecule is Cc1ccc(C(=O)O)c(N(C)Cc2cccc(F)c2)c1. The van der Waals surface area contributed by atoms with Crippen LogP contribution < -0.4 is 4.90 Å². The summed E-state index contributed by atoms with van der Waals surface area (Å²) in [7, 11) is 1.80. The molecule has 20 heavy (non-hydrogen) atoms. The lowest BCUT2D eigenvalue weighted by atomic mass is 10.1. The number of hydrogen-bond acceptors (Lipinski definition) is 2. The van der Waals surface area contributed by atoms with E-state index in [1.165, 1.54) is 12.1 Å². The molecule has 0 unspecified atom stereocenters. The molecule has 0 aliphatic heterocycles. The maximum absolute atomic E-state index is 13.2. The summed E-state index contributed by atoms with van der Waals surface area (Å²) in [6.45, 7) is 2.35. The Hall–Kier alpha value is -2.36. The molecule has 4 heteroatoms. The highest BCUT2D eigenvalue weighted by Crippen LogP contribution is 2.23. The summed E-state index contributed by atoms with van der Waals surface area (Å²) in [5.41, 5.74) is 2.65. The molecule has 0 bridgehead atoms. The zero-order chi connectivity index (χ0) is 14.7. The molecule has 1 N–H and O–H groups in total. The first-order valence-corrected chi connectivity index (χ1v) is 6.27. The Kier molecular flexibility index (Phi) is 4.03. The quantitative estimate of drug-likeness (QED) is 0.927. The molecule has 0 radical (unpaired) electrons. The Bertz CT molecular complexity index is 640. The second-order valence-electron chi connectivity index (χ2n) is 4.81. The van der Waals surface area contributed by atoms with Crippen LogP contribution in [-0.2, 0) is 6.54 Å². The summed E-state index contributed by atoms with van der Waals surface area (Å²) in [4.78, 5) is 13.1. The number of carboxylic acids is 1. The lowest BCUT2D eigenvalue weighted by molar-refractivity contribution is 0.0697. The maximum atomic E-state index is 13.2. The number of aromatic carboxylic acids is 1. The third kappa shape index (κ3) is 3.15. The first kappa shape index (κ1) is 14.1. The van der Waals surface area contributed by atoms with Crippen molar-refractivity contribution in [1.82, 2.24) is 0 Å². The molecule has 0 saturated carbocycles. The highest BCUT2D eigenvalue weighted by atomic mass is 19.1. The molecule has 0 fully saturated rings. The van der Waals surface area contributed by atoms with Gasteiger partial charge in [-0.25, -0.2) is 9.18 Å². The van der Waals surface area contributed by atoms with E-state index in [1.807, 2.05) is 24.0 Å². The first-order chi connectivity index (χ1) is 9.47. The van der Waals surface area contributed by atoms with Crippen molar-refractivity contribution in [2.24, 2.45) is 0 Å². The van der Waals surface area contributed by atoms with E-state index >= 15 is 0 Å². The molecular formula is C16H16FNO2. The number of halogens is 1. The minimum atomic E-state index is -0.967. The Balaban J connectivity index is 2.31. The molecule has 0 amide bonds. The minimum Gasteiger partial charge on any atom is -0.478 e. The van der Waals surface area contributed by atoms with Gasteiger partial charge in [0, 0.05) is 13.6 Å². The largest absolute Gasteiger partial charge is 0.478 e. The summed E-state index contributed by atoms with van der Waals surface area (Å²) >= 11 is 0. The lowest BCUT2D eigenvalue weighted by Crippen LogP contribution is -2.19. The summed E-state index contributed by atoms with van der Waals surface area (Å²) in [6, 6.07) is 11.5.